The highest BCUT2D eigenvalue weighted by Crippen LogP contribution is 2.17. The zero-order valence-corrected chi connectivity index (χ0v) is 15.5. The Kier molecular flexibility index (Phi) is 6.38. The van der Waals surface area contributed by atoms with Crippen molar-refractivity contribution in [3.8, 4) is 5.75 Å². The molecule has 126 valence electrons. The van der Waals surface area contributed by atoms with Gasteiger partial charge in [-0.05, 0) is 49.0 Å². The number of benzene rings is 2. The van der Waals surface area contributed by atoms with E-state index >= 15 is 0 Å². The van der Waals surface area contributed by atoms with Crippen LogP contribution in [0.25, 0.3) is 6.08 Å². The number of esters is 1. The van der Waals surface area contributed by atoms with E-state index in [2.05, 4.69) is 19.6 Å². The van der Waals surface area contributed by atoms with Gasteiger partial charge in [-0.2, -0.15) is 0 Å². The monoisotopic (exact) mass is 340 g/mol. The van der Waals surface area contributed by atoms with Crippen molar-refractivity contribution in [2.45, 2.75) is 26.1 Å². The van der Waals surface area contributed by atoms with Crippen LogP contribution < -0.4 is 4.43 Å². The SMILES string of the molecule is C[Si](C)(C)Oc1ccc(/C=C/C(=O)OCCc2ccccc2)cc1. The van der Waals surface area contributed by atoms with Crippen molar-refractivity contribution in [1.29, 1.82) is 0 Å². The van der Waals surface area contributed by atoms with Crippen molar-refractivity contribution in [2.75, 3.05) is 6.61 Å². The molecule has 2 rings (SSSR count). The molecule has 0 bridgehead atoms. The first-order chi connectivity index (χ1) is 11.4. The zero-order chi connectivity index (χ0) is 17.4. The molecule has 0 aliphatic carbocycles. The quantitative estimate of drug-likeness (QED) is 0.416. The average Bonchev–Trinajstić information content (AvgIpc) is 2.54. The van der Waals surface area contributed by atoms with Crippen molar-refractivity contribution in [1.82, 2.24) is 0 Å². The lowest BCUT2D eigenvalue weighted by molar-refractivity contribution is -0.137. The number of carbonyl (C=O) groups excluding carboxylic acids is 1. The van der Waals surface area contributed by atoms with Crippen LogP contribution in [0.1, 0.15) is 11.1 Å². The largest absolute Gasteiger partial charge is 0.544 e. The first-order valence-corrected chi connectivity index (χ1v) is 11.5. The third-order valence-corrected chi connectivity index (χ3v) is 4.04. The maximum absolute atomic E-state index is 11.7. The summed E-state index contributed by atoms with van der Waals surface area (Å²) in [5.74, 6) is 0.546. The van der Waals surface area contributed by atoms with Gasteiger partial charge in [0.2, 0.25) is 8.32 Å². The third kappa shape index (κ3) is 6.83. The Bertz CT molecular complexity index is 670. The maximum atomic E-state index is 11.7. The van der Waals surface area contributed by atoms with Gasteiger partial charge in [0.05, 0.1) is 6.61 Å². The van der Waals surface area contributed by atoms with Crippen molar-refractivity contribution in [3.63, 3.8) is 0 Å². The number of ether oxygens (including phenoxy) is 1. The topological polar surface area (TPSA) is 35.5 Å². The molecule has 0 N–H and O–H groups in total. The van der Waals surface area contributed by atoms with E-state index in [9.17, 15) is 4.79 Å². The maximum Gasteiger partial charge on any atom is 0.330 e. The highest BCUT2D eigenvalue weighted by atomic mass is 28.4. The van der Waals surface area contributed by atoms with Crippen molar-refractivity contribution < 1.29 is 14.0 Å². The molecule has 4 heteroatoms. The lowest BCUT2D eigenvalue weighted by Gasteiger charge is -2.18. The Morgan fingerprint density at radius 3 is 2.29 bits per heavy atom. The molecule has 0 saturated carbocycles. The van der Waals surface area contributed by atoms with Crippen LogP contribution in [0.4, 0.5) is 0 Å². The lowest BCUT2D eigenvalue weighted by Crippen LogP contribution is -2.29. The first-order valence-electron chi connectivity index (χ1n) is 8.10. The summed E-state index contributed by atoms with van der Waals surface area (Å²) in [4.78, 5) is 11.7. The Balaban J connectivity index is 1.78. The number of hydrogen-bond acceptors (Lipinski definition) is 3. The highest BCUT2D eigenvalue weighted by molar-refractivity contribution is 6.70. The van der Waals surface area contributed by atoms with Crippen molar-refractivity contribution in [2.24, 2.45) is 0 Å². The molecule has 3 nitrogen and oxygen atoms in total. The lowest BCUT2D eigenvalue weighted by atomic mass is 10.2. The van der Waals surface area contributed by atoms with Crippen LogP contribution in [0, 0.1) is 0 Å². The van der Waals surface area contributed by atoms with Crippen LogP contribution in [0.15, 0.2) is 60.7 Å². The smallest absolute Gasteiger partial charge is 0.330 e. The molecule has 2 aromatic rings. The van der Waals surface area contributed by atoms with E-state index in [4.69, 9.17) is 9.16 Å². The molecule has 0 radical (unpaired) electrons. The molecule has 0 heterocycles. The van der Waals surface area contributed by atoms with Crippen LogP contribution >= 0.6 is 0 Å². The van der Waals surface area contributed by atoms with Gasteiger partial charge in [0.1, 0.15) is 5.75 Å². The Labute approximate surface area is 145 Å². The predicted molar refractivity (Wildman–Crippen MR) is 101 cm³/mol. The Morgan fingerprint density at radius 1 is 1.00 bits per heavy atom. The molecule has 0 spiro atoms. The van der Waals surface area contributed by atoms with E-state index in [1.165, 1.54) is 6.08 Å². The fourth-order valence-corrected chi connectivity index (χ4v) is 2.97. The van der Waals surface area contributed by atoms with Gasteiger partial charge in [-0.25, -0.2) is 4.79 Å². The molecule has 2 aromatic carbocycles. The predicted octanol–water partition coefficient (Wildman–Crippen LogP) is 4.70. The van der Waals surface area contributed by atoms with Gasteiger partial charge in [-0.3, -0.25) is 0 Å². The minimum absolute atomic E-state index is 0.326. The molecule has 0 amide bonds. The van der Waals surface area contributed by atoms with Crippen LogP contribution in [0.5, 0.6) is 5.75 Å². The van der Waals surface area contributed by atoms with Crippen LogP contribution in [0.2, 0.25) is 19.6 Å². The van der Waals surface area contributed by atoms with Gasteiger partial charge >= 0.3 is 5.97 Å². The van der Waals surface area contributed by atoms with E-state index in [0.717, 1.165) is 23.3 Å². The first kappa shape index (κ1) is 18.0. The zero-order valence-electron chi connectivity index (χ0n) is 14.5. The van der Waals surface area contributed by atoms with E-state index in [1.807, 2.05) is 54.6 Å². The third-order valence-electron chi connectivity index (χ3n) is 3.19. The van der Waals surface area contributed by atoms with Gasteiger partial charge in [0, 0.05) is 12.5 Å². The summed E-state index contributed by atoms with van der Waals surface area (Å²) >= 11 is 0. The van der Waals surface area contributed by atoms with Crippen molar-refractivity contribution in [3.05, 3.63) is 71.8 Å². The molecule has 0 aliphatic heterocycles. The van der Waals surface area contributed by atoms with Crippen molar-refractivity contribution >= 4 is 20.4 Å². The number of rotatable bonds is 7. The summed E-state index contributed by atoms with van der Waals surface area (Å²) in [6.45, 7) is 6.82. The van der Waals surface area contributed by atoms with E-state index in [-0.39, 0.29) is 5.97 Å². The summed E-state index contributed by atoms with van der Waals surface area (Å²) in [5, 5.41) is 0. The molecule has 0 fully saturated rings. The second-order valence-corrected chi connectivity index (χ2v) is 10.9. The molecule has 0 aliphatic rings. The highest BCUT2D eigenvalue weighted by Gasteiger charge is 2.15. The second kappa shape index (κ2) is 8.50. The minimum Gasteiger partial charge on any atom is -0.544 e. The Hall–Kier alpha value is -2.33. The Morgan fingerprint density at radius 2 is 1.67 bits per heavy atom. The molecule has 0 saturated heterocycles. The molecular formula is C20H24O3Si. The molecular weight excluding hydrogens is 316 g/mol. The van der Waals surface area contributed by atoms with Gasteiger partial charge < -0.3 is 9.16 Å². The summed E-state index contributed by atoms with van der Waals surface area (Å²) < 4.78 is 11.1. The van der Waals surface area contributed by atoms with Crippen LogP contribution in [-0.2, 0) is 16.0 Å². The molecule has 24 heavy (non-hydrogen) atoms. The normalized spacial score (nSPS) is 11.5. The van der Waals surface area contributed by atoms with Crippen LogP contribution in [-0.4, -0.2) is 20.9 Å². The number of carbonyl (C=O) groups is 1. The van der Waals surface area contributed by atoms with Gasteiger partial charge in [-0.15, -0.1) is 0 Å². The van der Waals surface area contributed by atoms with Gasteiger partial charge in [-0.1, -0.05) is 42.5 Å². The van der Waals surface area contributed by atoms with E-state index in [1.54, 1.807) is 6.08 Å². The summed E-state index contributed by atoms with van der Waals surface area (Å²) in [7, 11) is -1.59. The molecule has 0 atom stereocenters. The minimum atomic E-state index is -1.59. The summed E-state index contributed by atoms with van der Waals surface area (Å²) in [5.41, 5.74) is 2.10. The van der Waals surface area contributed by atoms with Gasteiger partial charge in [0.25, 0.3) is 0 Å². The number of hydrogen-bond donors (Lipinski definition) is 0. The standard InChI is InChI=1S/C20H24O3Si/c1-24(2,3)23-19-12-9-18(10-13-19)11-14-20(21)22-16-15-17-7-5-4-6-8-17/h4-14H,15-16H2,1-3H3/b14-11+. The molecule has 0 aromatic heterocycles. The van der Waals surface area contributed by atoms with Gasteiger partial charge in [0.15, 0.2) is 0 Å². The molecule has 0 unspecified atom stereocenters. The van der Waals surface area contributed by atoms with Crippen LogP contribution in [0.3, 0.4) is 0 Å². The summed E-state index contributed by atoms with van der Waals surface area (Å²) in [6, 6.07) is 17.7. The average molecular weight is 340 g/mol. The second-order valence-electron chi connectivity index (χ2n) is 6.52. The van der Waals surface area contributed by atoms with E-state index < -0.39 is 8.32 Å². The van der Waals surface area contributed by atoms with E-state index in [0.29, 0.717) is 6.61 Å². The fraction of sp³-hybridized carbons (Fsp3) is 0.250. The fourth-order valence-electron chi connectivity index (χ4n) is 2.13. The summed E-state index contributed by atoms with van der Waals surface area (Å²) in [6.07, 6.45) is 3.94.